The van der Waals surface area contributed by atoms with E-state index in [-0.39, 0.29) is 29.7 Å². The maximum Gasteiger partial charge on any atom is 0.346 e. The SMILES string of the molecule is NC(=O)COc1cccc(C2CC(=O)Nc3c2sc(C(=O)O)c3-c2ccccc2)c1. The summed E-state index contributed by atoms with van der Waals surface area (Å²) in [5, 5.41) is 12.7. The monoisotopic (exact) mass is 422 g/mol. The largest absolute Gasteiger partial charge is 0.484 e. The summed E-state index contributed by atoms with van der Waals surface area (Å²) in [6, 6.07) is 16.2. The molecule has 0 aliphatic carbocycles. The fourth-order valence-electron chi connectivity index (χ4n) is 3.56. The highest BCUT2D eigenvalue weighted by molar-refractivity contribution is 7.15. The Morgan fingerprint density at radius 3 is 2.63 bits per heavy atom. The van der Waals surface area contributed by atoms with Crippen molar-refractivity contribution in [3.8, 4) is 16.9 Å². The number of fused-ring (bicyclic) bond motifs is 1. The second kappa shape index (κ2) is 8.00. The van der Waals surface area contributed by atoms with Gasteiger partial charge in [-0.15, -0.1) is 11.3 Å². The number of hydrogen-bond donors (Lipinski definition) is 3. The number of hydrogen-bond acceptors (Lipinski definition) is 5. The molecule has 4 N–H and O–H groups in total. The van der Waals surface area contributed by atoms with Crippen LogP contribution < -0.4 is 15.8 Å². The summed E-state index contributed by atoms with van der Waals surface area (Å²) >= 11 is 1.16. The maximum absolute atomic E-state index is 12.5. The molecule has 0 bridgehead atoms. The Morgan fingerprint density at radius 1 is 1.17 bits per heavy atom. The number of aromatic carboxylic acids is 1. The molecule has 0 fully saturated rings. The molecule has 1 aliphatic heterocycles. The third-order valence-corrected chi connectivity index (χ3v) is 6.10. The summed E-state index contributed by atoms with van der Waals surface area (Å²) < 4.78 is 5.38. The molecule has 3 aromatic rings. The third kappa shape index (κ3) is 3.77. The number of carboxylic acid groups (broad SMARTS) is 1. The van der Waals surface area contributed by atoms with Gasteiger partial charge < -0.3 is 20.9 Å². The fourth-order valence-corrected chi connectivity index (χ4v) is 4.81. The second-order valence-electron chi connectivity index (χ2n) is 6.85. The zero-order chi connectivity index (χ0) is 21.3. The standard InChI is InChI=1S/C22H18N2O5S/c23-16(25)11-29-14-8-4-7-13(9-14)15-10-17(26)24-19-18(12-5-2-1-3-6-12)21(22(27)28)30-20(15)19/h1-9,15H,10-11H2,(H2,23,25)(H,24,26)(H,27,28). The van der Waals surface area contributed by atoms with Crippen LogP contribution in [0.15, 0.2) is 54.6 Å². The van der Waals surface area contributed by atoms with Crippen molar-refractivity contribution >= 4 is 34.8 Å². The van der Waals surface area contributed by atoms with E-state index in [0.717, 1.165) is 27.3 Å². The minimum atomic E-state index is -1.04. The quantitative estimate of drug-likeness (QED) is 0.562. The lowest BCUT2D eigenvalue weighted by Crippen LogP contribution is -2.22. The molecular weight excluding hydrogens is 404 g/mol. The molecule has 0 radical (unpaired) electrons. The van der Waals surface area contributed by atoms with Gasteiger partial charge in [-0.1, -0.05) is 42.5 Å². The van der Waals surface area contributed by atoms with Crippen molar-refractivity contribution in [3.05, 3.63) is 69.9 Å². The Morgan fingerprint density at radius 2 is 1.93 bits per heavy atom. The van der Waals surface area contributed by atoms with Crippen LogP contribution in [0.5, 0.6) is 5.75 Å². The number of thiophene rings is 1. The summed E-state index contributed by atoms with van der Waals surface area (Å²) in [5.41, 5.74) is 7.71. The van der Waals surface area contributed by atoms with Crippen LogP contribution in [0.25, 0.3) is 11.1 Å². The molecule has 1 unspecified atom stereocenters. The van der Waals surface area contributed by atoms with Gasteiger partial charge in [-0.25, -0.2) is 4.79 Å². The van der Waals surface area contributed by atoms with E-state index in [9.17, 15) is 19.5 Å². The lowest BCUT2D eigenvalue weighted by Gasteiger charge is -2.24. The van der Waals surface area contributed by atoms with E-state index in [4.69, 9.17) is 10.5 Å². The first-order chi connectivity index (χ1) is 14.4. The van der Waals surface area contributed by atoms with E-state index in [2.05, 4.69) is 5.32 Å². The number of carboxylic acids is 1. The summed E-state index contributed by atoms with van der Waals surface area (Å²) in [6.07, 6.45) is 0.181. The van der Waals surface area contributed by atoms with Gasteiger partial charge in [-0.3, -0.25) is 9.59 Å². The molecule has 1 aromatic heterocycles. The Hall–Kier alpha value is -3.65. The molecule has 0 saturated carbocycles. The smallest absolute Gasteiger partial charge is 0.346 e. The number of benzene rings is 2. The first kappa shape index (κ1) is 19.7. The molecule has 8 heteroatoms. The lowest BCUT2D eigenvalue weighted by molar-refractivity contribution is -0.120. The molecule has 30 heavy (non-hydrogen) atoms. The molecule has 0 spiro atoms. The molecule has 1 atom stereocenters. The van der Waals surface area contributed by atoms with Crippen molar-refractivity contribution in [2.45, 2.75) is 12.3 Å². The van der Waals surface area contributed by atoms with Gasteiger partial charge in [-0.2, -0.15) is 0 Å². The Kier molecular flexibility index (Phi) is 5.24. The van der Waals surface area contributed by atoms with Crippen molar-refractivity contribution in [2.75, 3.05) is 11.9 Å². The normalized spacial score (nSPS) is 15.2. The second-order valence-corrected chi connectivity index (χ2v) is 7.90. The molecular formula is C22H18N2O5S. The molecule has 152 valence electrons. The van der Waals surface area contributed by atoms with Gasteiger partial charge in [0.2, 0.25) is 5.91 Å². The minimum Gasteiger partial charge on any atom is -0.484 e. The summed E-state index contributed by atoms with van der Waals surface area (Å²) in [4.78, 5) is 36.5. The first-order valence-corrected chi connectivity index (χ1v) is 10.0. The average Bonchev–Trinajstić information content (AvgIpc) is 3.12. The highest BCUT2D eigenvalue weighted by Crippen LogP contribution is 2.49. The fraction of sp³-hybridized carbons (Fsp3) is 0.136. The highest BCUT2D eigenvalue weighted by atomic mass is 32.1. The number of carbonyl (C=O) groups is 3. The number of ether oxygens (including phenoxy) is 1. The lowest BCUT2D eigenvalue weighted by atomic mass is 9.88. The summed E-state index contributed by atoms with van der Waals surface area (Å²) in [7, 11) is 0. The molecule has 7 nitrogen and oxygen atoms in total. The van der Waals surface area contributed by atoms with Crippen molar-refractivity contribution in [1.82, 2.24) is 0 Å². The summed E-state index contributed by atoms with van der Waals surface area (Å²) in [5.74, 6) is -1.69. The van der Waals surface area contributed by atoms with Crippen LogP contribution in [0.1, 0.15) is 32.5 Å². The van der Waals surface area contributed by atoms with Crippen molar-refractivity contribution < 1.29 is 24.2 Å². The zero-order valence-corrected chi connectivity index (χ0v) is 16.6. The minimum absolute atomic E-state index is 0.180. The van der Waals surface area contributed by atoms with Crippen LogP contribution >= 0.6 is 11.3 Å². The van der Waals surface area contributed by atoms with Crippen LogP contribution in [0, 0.1) is 0 Å². The Balaban J connectivity index is 1.82. The van der Waals surface area contributed by atoms with E-state index in [0.29, 0.717) is 17.0 Å². The number of anilines is 1. The van der Waals surface area contributed by atoms with E-state index < -0.39 is 11.9 Å². The molecule has 0 saturated heterocycles. The zero-order valence-electron chi connectivity index (χ0n) is 15.8. The number of nitrogens with two attached hydrogens (primary N) is 1. The van der Waals surface area contributed by atoms with Crippen molar-refractivity contribution in [1.29, 1.82) is 0 Å². The van der Waals surface area contributed by atoms with E-state index >= 15 is 0 Å². The van der Waals surface area contributed by atoms with E-state index in [1.807, 2.05) is 36.4 Å². The number of nitrogens with one attached hydrogen (secondary N) is 1. The Bertz CT molecular complexity index is 1140. The maximum atomic E-state index is 12.5. The highest BCUT2D eigenvalue weighted by Gasteiger charge is 2.34. The van der Waals surface area contributed by atoms with Gasteiger partial charge in [0.1, 0.15) is 10.6 Å². The number of rotatable bonds is 6. The van der Waals surface area contributed by atoms with E-state index in [1.165, 1.54) is 0 Å². The van der Waals surface area contributed by atoms with Crippen molar-refractivity contribution in [3.63, 3.8) is 0 Å². The van der Waals surface area contributed by atoms with Gasteiger partial charge >= 0.3 is 5.97 Å². The van der Waals surface area contributed by atoms with Gasteiger partial charge in [0.05, 0.1) is 5.69 Å². The first-order valence-electron chi connectivity index (χ1n) is 9.20. The molecule has 2 aromatic carbocycles. The third-order valence-electron chi connectivity index (χ3n) is 4.80. The molecule has 1 aliphatic rings. The number of primary amides is 1. The number of carbonyl (C=O) groups excluding carboxylic acids is 2. The van der Waals surface area contributed by atoms with Crippen LogP contribution in [0.2, 0.25) is 0 Å². The van der Waals surface area contributed by atoms with Gasteiger partial charge in [0, 0.05) is 22.8 Å². The van der Waals surface area contributed by atoms with Crippen LogP contribution in [-0.4, -0.2) is 29.5 Å². The van der Waals surface area contributed by atoms with Crippen molar-refractivity contribution in [2.24, 2.45) is 5.73 Å². The van der Waals surface area contributed by atoms with E-state index in [1.54, 1.807) is 18.2 Å². The summed E-state index contributed by atoms with van der Waals surface area (Å²) in [6.45, 7) is -0.250. The van der Waals surface area contributed by atoms with Crippen LogP contribution in [0.4, 0.5) is 5.69 Å². The van der Waals surface area contributed by atoms with Gasteiger partial charge in [0.15, 0.2) is 6.61 Å². The molecule has 4 rings (SSSR count). The molecule has 2 amide bonds. The van der Waals surface area contributed by atoms with Gasteiger partial charge in [0.25, 0.3) is 5.91 Å². The topological polar surface area (TPSA) is 119 Å². The van der Waals surface area contributed by atoms with Crippen LogP contribution in [0.3, 0.4) is 0 Å². The van der Waals surface area contributed by atoms with Gasteiger partial charge in [-0.05, 0) is 23.3 Å². The predicted molar refractivity (Wildman–Crippen MR) is 113 cm³/mol. The molecule has 2 heterocycles. The predicted octanol–water partition coefficient (Wildman–Crippen LogP) is 3.45. The number of amides is 2. The van der Waals surface area contributed by atoms with Crippen LogP contribution in [-0.2, 0) is 9.59 Å². The Labute approximate surface area is 176 Å². The average molecular weight is 422 g/mol.